The van der Waals surface area contributed by atoms with Crippen LogP contribution >= 0.6 is 22.9 Å². The van der Waals surface area contributed by atoms with Gasteiger partial charge >= 0.3 is 0 Å². The van der Waals surface area contributed by atoms with Crippen LogP contribution in [-0.4, -0.2) is 18.4 Å². The average Bonchev–Trinajstić information content (AvgIpc) is 2.90. The molecule has 0 saturated carbocycles. The van der Waals surface area contributed by atoms with Crippen LogP contribution in [0.15, 0.2) is 36.4 Å². The molecule has 6 heteroatoms. The highest BCUT2D eigenvalue weighted by Gasteiger charge is 2.10. The smallest absolute Gasteiger partial charge is 0.261 e. The van der Waals surface area contributed by atoms with Crippen molar-refractivity contribution in [1.82, 2.24) is 10.6 Å². The summed E-state index contributed by atoms with van der Waals surface area (Å²) in [6.07, 6.45) is 0. The fourth-order valence-corrected chi connectivity index (χ4v) is 2.69. The van der Waals surface area contributed by atoms with Crippen molar-refractivity contribution in [2.45, 2.75) is 13.5 Å². The number of rotatable bonds is 5. The Morgan fingerprint density at radius 2 is 1.90 bits per heavy atom. The number of carbonyl (C=O) groups excluding carboxylic acids is 2. The summed E-state index contributed by atoms with van der Waals surface area (Å²) in [5, 5.41) is 5.91. The van der Waals surface area contributed by atoms with Crippen molar-refractivity contribution in [3.8, 4) is 0 Å². The summed E-state index contributed by atoms with van der Waals surface area (Å²) in [4.78, 5) is 25.2. The molecule has 4 nitrogen and oxygen atoms in total. The van der Waals surface area contributed by atoms with E-state index in [9.17, 15) is 9.59 Å². The zero-order valence-electron chi connectivity index (χ0n) is 11.5. The van der Waals surface area contributed by atoms with Gasteiger partial charge in [-0.25, -0.2) is 0 Å². The van der Waals surface area contributed by atoms with Gasteiger partial charge in [0, 0.05) is 16.4 Å². The van der Waals surface area contributed by atoms with Gasteiger partial charge in [0.2, 0.25) is 5.91 Å². The SMILES string of the molecule is Cc1ccc(C(=O)NCC(=O)NCc2ccccc2Cl)s1. The number of aryl methyl sites for hydroxylation is 1. The zero-order chi connectivity index (χ0) is 15.2. The van der Waals surface area contributed by atoms with Gasteiger partial charge in [-0.1, -0.05) is 29.8 Å². The number of thiophene rings is 1. The normalized spacial score (nSPS) is 10.2. The third kappa shape index (κ3) is 4.58. The standard InChI is InChI=1S/C15H15ClN2O2S/c1-10-6-7-13(21-10)15(20)18-9-14(19)17-8-11-4-2-3-5-12(11)16/h2-7H,8-9H2,1H3,(H,17,19)(H,18,20). The topological polar surface area (TPSA) is 58.2 Å². The summed E-state index contributed by atoms with van der Waals surface area (Å²) in [7, 11) is 0. The van der Waals surface area contributed by atoms with E-state index < -0.39 is 0 Å². The molecular formula is C15H15ClN2O2S. The van der Waals surface area contributed by atoms with Crippen molar-refractivity contribution in [2.24, 2.45) is 0 Å². The molecule has 21 heavy (non-hydrogen) atoms. The van der Waals surface area contributed by atoms with Crippen LogP contribution < -0.4 is 10.6 Å². The first-order valence-electron chi connectivity index (χ1n) is 6.41. The fraction of sp³-hybridized carbons (Fsp3) is 0.200. The molecular weight excluding hydrogens is 308 g/mol. The third-order valence-corrected chi connectivity index (χ3v) is 4.18. The van der Waals surface area contributed by atoms with Crippen LogP contribution in [0.1, 0.15) is 20.1 Å². The largest absolute Gasteiger partial charge is 0.350 e. The number of nitrogens with one attached hydrogen (secondary N) is 2. The second-order valence-corrected chi connectivity index (χ2v) is 6.16. The van der Waals surface area contributed by atoms with E-state index in [1.165, 1.54) is 11.3 Å². The van der Waals surface area contributed by atoms with E-state index in [2.05, 4.69) is 10.6 Å². The van der Waals surface area contributed by atoms with Gasteiger partial charge in [0.05, 0.1) is 11.4 Å². The Labute approximate surface area is 132 Å². The lowest BCUT2D eigenvalue weighted by molar-refractivity contribution is -0.120. The summed E-state index contributed by atoms with van der Waals surface area (Å²) < 4.78 is 0. The number of amides is 2. The summed E-state index contributed by atoms with van der Waals surface area (Å²) in [5.41, 5.74) is 0.840. The van der Waals surface area contributed by atoms with Gasteiger partial charge in [0.1, 0.15) is 0 Å². The minimum atomic E-state index is -0.253. The summed E-state index contributed by atoms with van der Waals surface area (Å²) >= 11 is 7.40. The Balaban J connectivity index is 1.78. The third-order valence-electron chi connectivity index (χ3n) is 2.81. The minimum Gasteiger partial charge on any atom is -0.350 e. The van der Waals surface area contributed by atoms with E-state index in [0.717, 1.165) is 10.4 Å². The van der Waals surface area contributed by atoms with E-state index in [-0.39, 0.29) is 18.4 Å². The van der Waals surface area contributed by atoms with Crippen LogP contribution in [0.25, 0.3) is 0 Å². The minimum absolute atomic E-state index is 0.0553. The van der Waals surface area contributed by atoms with Gasteiger partial charge in [-0.2, -0.15) is 0 Å². The first kappa shape index (κ1) is 15.5. The second kappa shape index (κ2) is 7.24. The summed E-state index contributed by atoms with van der Waals surface area (Å²) in [6, 6.07) is 10.9. The van der Waals surface area contributed by atoms with Crippen molar-refractivity contribution in [2.75, 3.05) is 6.54 Å². The van der Waals surface area contributed by atoms with E-state index >= 15 is 0 Å². The van der Waals surface area contributed by atoms with Gasteiger partial charge in [0.25, 0.3) is 5.91 Å². The van der Waals surface area contributed by atoms with Gasteiger partial charge in [-0.15, -0.1) is 11.3 Å². The molecule has 0 aliphatic carbocycles. The second-order valence-electron chi connectivity index (χ2n) is 4.46. The number of halogens is 1. The molecule has 0 spiro atoms. The molecule has 2 rings (SSSR count). The maximum absolute atomic E-state index is 11.8. The molecule has 2 N–H and O–H groups in total. The Morgan fingerprint density at radius 3 is 2.57 bits per heavy atom. The number of carbonyl (C=O) groups is 2. The van der Waals surface area contributed by atoms with Crippen molar-refractivity contribution in [3.63, 3.8) is 0 Å². The lowest BCUT2D eigenvalue weighted by Crippen LogP contribution is -2.36. The summed E-state index contributed by atoms with van der Waals surface area (Å²) in [5.74, 6) is -0.488. The van der Waals surface area contributed by atoms with Gasteiger partial charge < -0.3 is 10.6 Å². The van der Waals surface area contributed by atoms with Crippen LogP contribution in [0.5, 0.6) is 0 Å². The molecule has 0 radical (unpaired) electrons. The average molecular weight is 323 g/mol. The highest BCUT2D eigenvalue weighted by atomic mass is 35.5. The Morgan fingerprint density at radius 1 is 1.14 bits per heavy atom. The van der Waals surface area contributed by atoms with Crippen molar-refractivity contribution in [3.05, 3.63) is 56.7 Å². The maximum atomic E-state index is 11.8. The molecule has 110 valence electrons. The van der Waals surface area contributed by atoms with Gasteiger partial charge in [-0.05, 0) is 30.7 Å². The van der Waals surface area contributed by atoms with Crippen molar-refractivity contribution < 1.29 is 9.59 Å². The number of hydrogen-bond acceptors (Lipinski definition) is 3. The molecule has 0 aliphatic rings. The molecule has 0 unspecified atom stereocenters. The highest BCUT2D eigenvalue weighted by molar-refractivity contribution is 7.13. The molecule has 0 saturated heterocycles. The van der Waals surface area contributed by atoms with Crippen LogP contribution in [0, 0.1) is 6.92 Å². The molecule has 2 amide bonds. The van der Waals surface area contributed by atoms with E-state index in [4.69, 9.17) is 11.6 Å². The van der Waals surface area contributed by atoms with Crippen LogP contribution in [0.4, 0.5) is 0 Å². The fourth-order valence-electron chi connectivity index (χ4n) is 1.70. The first-order valence-corrected chi connectivity index (χ1v) is 7.60. The molecule has 1 heterocycles. The zero-order valence-corrected chi connectivity index (χ0v) is 13.1. The van der Waals surface area contributed by atoms with E-state index in [1.54, 1.807) is 12.1 Å². The quantitative estimate of drug-likeness (QED) is 0.889. The van der Waals surface area contributed by atoms with Crippen LogP contribution in [0.3, 0.4) is 0 Å². The van der Waals surface area contributed by atoms with E-state index in [1.807, 2.05) is 31.2 Å². The van der Waals surface area contributed by atoms with E-state index in [0.29, 0.717) is 16.4 Å². The number of benzene rings is 1. The Kier molecular flexibility index (Phi) is 5.36. The lowest BCUT2D eigenvalue weighted by atomic mass is 10.2. The first-order chi connectivity index (χ1) is 10.1. The molecule has 0 atom stereocenters. The lowest BCUT2D eigenvalue weighted by Gasteiger charge is -2.07. The van der Waals surface area contributed by atoms with Crippen molar-refractivity contribution >= 4 is 34.8 Å². The Bertz CT molecular complexity index is 655. The number of hydrogen-bond donors (Lipinski definition) is 2. The molecule has 0 bridgehead atoms. The van der Waals surface area contributed by atoms with Crippen molar-refractivity contribution in [1.29, 1.82) is 0 Å². The summed E-state index contributed by atoms with van der Waals surface area (Å²) in [6.45, 7) is 2.21. The molecule has 0 fully saturated rings. The van der Waals surface area contributed by atoms with Gasteiger partial charge in [-0.3, -0.25) is 9.59 Å². The molecule has 1 aromatic heterocycles. The van der Waals surface area contributed by atoms with Crippen LogP contribution in [-0.2, 0) is 11.3 Å². The predicted molar refractivity (Wildman–Crippen MR) is 84.7 cm³/mol. The molecule has 0 aliphatic heterocycles. The predicted octanol–water partition coefficient (Wildman–Crippen LogP) is 2.76. The molecule has 1 aromatic carbocycles. The Hall–Kier alpha value is -1.85. The van der Waals surface area contributed by atoms with Gasteiger partial charge in [0.15, 0.2) is 0 Å². The highest BCUT2D eigenvalue weighted by Crippen LogP contribution is 2.15. The monoisotopic (exact) mass is 322 g/mol. The maximum Gasteiger partial charge on any atom is 0.261 e. The molecule has 2 aromatic rings. The van der Waals surface area contributed by atoms with Crippen LogP contribution in [0.2, 0.25) is 5.02 Å².